The third-order valence-electron chi connectivity index (χ3n) is 5.57. The molecule has 0 aromatic carbocycles. The second-order valence-electron chi connectivity index (χ2n) is 7.20. The highest BCUT2D eigenvalue weighted by Crippen LogP contribution is 2.47. The van der Waals surface area contributed by atoms with Gasteiger partial charge in [-0.05, 0) is 37.8 Å². The minimum absolute atomic E-state index is 0.0661. The van der Waals surface area contributed by atoms with Crippen LogP contribution < -0.4 is 0 Å². The molecule has 3 aromatic rings. The number of aromatic amines is 1. The van der Waals surface area contributed by atoms with E-state index < -0.39 is 0 Å². The summed E-state index contributed by atoms with van der Waals surface area (Å²) in [7, 11) is 0. The number of amides is 1. The van der Waals surface area contributed by atoms with Gasteiger partial charge in [-0.3, -0.25) is 14.8 Å². The van der Waals surface area contributed by atoms with Gasteiger partial charge >= 0.3 is 0 Å². The number of nitrogens with zero attached hydrogens (tertiary/aromatic N) is 5. The van der Waals surface area contributed by atoms with Crippen molar-refractivity contribution >= 4 is 17.2 Å². The Morgan fingerprint density at radius 2 is 2.14 bits per heavy atom. The van der Waals surface area contributed by atoms with Gasteiger partial charge in [-0.1, -0.05) is 0 Å². The summed E-state index contributed by atoms with van der Waals surface area (Å²) in [4.78, 5) is 25.6. The average Bonchev–Trinajstić information content (AvgIpc) is 3.36. The van der Waals surface area contributed by atoms with Crippen LogP contribution in [-0.2, 0) is 16.8 Å². The van der Waals surface area contributed by atoms with Crippen LogP contribution in [-0.4, -0.2) is 55.9 Å². The Morgan fingerprint density at radius 3 is 2.86 bits per heavy atom. The molecule has 28 heavy (non-hydrogen) atoms. The van der Waals surface area contributed by atoms with Crippen LogP contribution in [0.5, 0.6) is 0 Å². The number of ether oxygens (including phenoxy) is 1. The Bertz CT molecular complexity index is 1010. The highest BCUT2D eigenvalue weighted by Gasteiger charge is 2.43. The first kappa shape index (κ1) is 17.4. The van der Waals surface area contributed by atoms with Gasteiger partial charge in [-0.15, -0.1) is 11.3 Å². The van der Waals surface area contributed by atoms with Crippen molar-refractivity contribution in [1.82, 2.24) is 30.3 Å². The molecule has 1 N–H and O–H groups in total. The second-order valence-corrected chi connectivity index (χ2v) is 8.25. The summed E-state index contributed by atoms with van der Waals surface area (Å²) in [6, 6.07) is 2.23. The van der Waals surface area contributed by atoms with E-state index >= 15 is 0 Å². The molecular formula is C19H20N6O2S. The number of thiophene rings is 1. The van der Waals surface area contributed by atoms with E-state index in [0.717, 1.165) is 29.8 Å². The predicted octanol–water partition coefficient (Wildman–Crippen LogP) is 2.34. The lowest BCUT2D eigenvalue weighted by Crippen LogP contribution is -2.48. The molecule has 0 unspecified atom stereocenters. The molecule has 1 fully saturated rings. The van der Waals surface area contributed by atoms with E-state index in [-0.39, 0.29) is 11.5 Å². The zero-order chi connectivity index (χ0) is 19.1. The minimum atomic E-state index is -0.311. The number of hydrogen-bond acceptors (Lipinski definition) is 7. The van der Waals surface area contributed by atoms with Gasteiger partial charge in [0, 0.05) is 30.4 Å². The van der Waals surface area contributed by atoms with Crippen molar-refractivity contribution < 1.29 is 9.53 Å². The molecule has 1 amide bonds. The Labute approximate surface area is 166 Å². The number of nitrogens with one attached hydrogen (secondary N) is 1. The molecule has 0 aliphatic carbocycles. The molecule has 2 aliphatic heterocycles. The maximum absolute atomic E-state index is 12.7. The number of aryl methyl sites for hydroxylation is 1. The predicted molar refractivity (Wildman–Crippen MR) is 103 cm³/mol. The second kappa shape index (κ2) is 6.75. The molecule has 3 aromatic heterocycles. The minimum Gasteiger partial charge on any atom is -0.369 e. The molecule has 2 aliphatic rings. The summed E-state index contributed by atoms with van der Waals surface area (Å²) in [5.74, 6) is -0.0661. The van der Waals surface area contributed by atoms with Gasteiger partial charge in [0.05, 0.1) is 29.1 Å². The number of H-pyrrole nitrogens is 1. The Morgan fingerprint density at radius 1 is 1.29 bits per heavy atom. The number of likely N-dealkylation sites (tertiary alicyclic amines) is 1. The van der Waals surface area contributed by atoms with Crippen molar-refractivity contribution in [3.63, 3.8) is 0 Å². The van der Waals surface area contributed by atoms with Gasteiger partial charge < -0.3 is 9.64 Å². The van der Waals surface area contributed by atoms with Crippen molar-refractivity contribution in [3.05, 3.63) is 46.5 Å². The monoisotopic (exact) mass is 396 g/mol. The van der Waals surface area contributed by atoms with Crippen molar-refractivity contribution in [3.8, 4) is 10.6 Å². The number of piperidine rings is 1. The van der Waals surface area contributed by atoms with Gasteiger partial charge in [0.15, 0.2) is 5.69 Å². The first-order valence-corrected chi connectivity index (χ1v) is 10.2. The lowest BCUT2D eigenvalue weighted by Gasteiger charge is -2.43. The zero-order valence-corrected chi connectivity index (χ0v) is 16.3. The number of aromatic nitrogens is 5. The Hall–Kier alpha value is -2.65. The number of rotatable bonds is 2. The van der Waals surface area contributed by atoms with Crippen LogP contribution in [0.15, 0.2) is 24.7 Å². The molecule has 1 spiro atoms. The smallest absolute Gasteiger partial charge is 0.276 e. The van der Waals surface area contributed by atoms with Crippen molar-refractivity contribution in [2.75, 3.05) is 19.7 Å². The molecule has 144 valence electrons. The van der Waals surface area contributed by atoms with Crippen LogP contribution in [0, 0.1) is 6.92 Å². The van der Waals surface area contributed by atoms with E-state index in [1.807, 2.05) is 4.90 Å². The molecule has 0 radical (unpaired) electrons. The zero-order valence-electron chi connectivity index (χ0n) is 15.5. The molecule has 5 rings (SSSR count). The van der Waals surface area contributed by atoms with E-state index in [1.54, 1.807) is 36.9 Å². The molecule has 0 atom stereocenters. The summed E-state index contributed by atoms with van der Waals surface area (Å²) in [5.41, 5.74) is 2.96. The van der Waals surface area contributed by atoms with Gasteiger partial charge in [0.2, 0.25) is 0 Å². The Kier molecular flexibility index (Phi) is 4.21. The van der Waals surface area contributed by atoms with Crippen LogP contribution in [0.25, 0.3) is 10.6 Å². The van der Waals surface area contributed by atoms with Crippen LogP contribution in [0.4, 0.5) is 0 Å². The lowest BCUT2D eigenvalue weighted by atomic mass is 9.85. The molecule has 0 bridgehead atoms. The average molecular weight is 396 g/mol. The molecule has 8 nitrogen and oxygen atoms in total. The summed E-state index contributed by atoms with van der Waals surface area (Å²) in [6.45, 7) is 3.78. The third-order valence-corrected chi connectivity index (χ3v) is 6.96. The fraction of sp³-hybridized carbons (Fsp3) is 0.421. The maximum Gasteiger partial charge on any atom is 0.276 e. The highest BCUT2D eigenvalue weighted by molar-refractivity contribution is 7.15. The molecule has 1 saturated heterocycles. The number of fused-ring (bicyclic) bond motifs is 2. The van der Waals surface area contributed by atoms with Gasteiger partial charge in [0.25, 0.3) is 5.91 Å². The van der Waals surface area contributed by atoms with Crippen LogP contribution in [0.1, 0.15) is 39.5 Å². The van der Waals surface area contributed by atoms with Crippen LogP contribution in [0.2, 0.25) is 0 Å². The van der Waals surface area contributed by atoms with Gasteiger partial charge in [0.1, 0.15) is 5.60 Å². The summed E-state index contributed by atoms with van der Waals surface area (Å²) < 4.78 is 6.33. The van der Waals surface area contributed by atoms with E-state index in [9.17, 15) is 4.79 Å². The quantitative estimate of drug-likeness (QED) is 0.714. The van der Waals surface area contributed by atoms with E-state index in [1.165, 1.54) is 10.4 Å². The normalized spacial score (nSPS) is 18.2. The first-order valence-electron chi connectivity index (χ1n) is 9.36. The highest BCUT2D eigenvalue weighted by atomic mass is 32.1. The van der Waals surface area contributed by atoms with Crippen LogP contribution in [0.3, 0.4) is 0 Å². The van der Waals surface area contributed by atoms with Gasteiger partial charge in [-0.25, -0.2) is 0 Å². The topological polar surface area (TPSA) is 96.9 Å². The van der Waals surface area contributed by atoms with Crippen molar-refractivity contribution in [2.45, 2.75) is 31.8 Å². The summed E-state index contributed by atoms with van der Waals surface area (Å²) in [5, 5.41) is 10.5. The van der Waals surface area contributed by atoms with E-state index in [0.29, 0.717) is 31.1 Å². The fourth-order valence-corrected chi connectivity index (χ4v) is 5.43. The third kappa shape index (κ3) is 2.82. The van der Waals surface area contributed by atoms with Crippen LogP contribution >= 0.6 is 11.3 Å². The SMILES string of the molecule is Cc1n[nH]nc1C(=O)N1CCC2(CC1)OCCc1cc(-c3cnccn3)sc12. The largest absolute Gasteiger partial charge is 0.369 e. The van der Waals surface area contributed by atoms with E-state index in [2.05, 4.69) is 31.4 Å². The lowest BCUT2D eigenvalue weighted by molar-refractivity contribution is -0.0906. The molecule has 5 heterocycles. The van der Waals surface area contributed by atoms with Gasteiger partial charge in [-0.2, -0.15) is 15.4 Å². The summed E-state index contributed by atoms with van der Waals surface area (Å²) in [6.07, 6.45) is 7.67. The standard InChI is InChI=1S/C19H20N6O2S/c1-12-16(23-24-22-12)18(26)25-7-3-19(4-8-25)17-13(2-9-27-19)10-15(28-17)14-11-20-5-6-21-14/h5-6,10-11H,2-4,7-9H2,1H3,(H,22,23,24). The fourth-order valence-electron chi connectivity index (χ4n) is 4.05. The van der Waals surface area contributed by atoms with Crippen molar-refractivity contribution in [1.29, 1.82) is 0 Å². The molecule has 0 saturated carbocycles. The Balaban J connectivity index is 1.39. The maximum atomic E-state index is 12.7. The first-order chi connectivity index (χ1) is 13.7. The number of carbonyl (C=O) groups is 1. The number of hydrogen-bond donors (Lipinski definition) is 1. The molecular weight excluding hydrogens is 376 g/mol. The van der Waals surface area contributed by atoms with Crippen molar-refractivity contribution in [2.24, 2.45) is 0 Å². The van der Waals surface area contributed by atoms with E-state index in [4.69, 9.17) is 4.74 Å². The molecule has 9 heteroatoms. The number of carbonyl (C=O) groups excluding carboxylic acids is 1. The summed E-state index contributed by atoms with van der Waals surface area (Å²) >= 11 is 1.75.